The number of alkyl halides is 3. The molecule has 190 valence electrons. The van der Waals surface area contributed by atoms with E-state index in [0.717, 1.165) is 29.2 Å². The summed E-state index contributed by atoms with van der Waals surface area (Å²) in [5.41, 5.74) is 2.03. The molecule has 0 bridgehead atoms. The fraction of sp³-hybridized carbons (Fsp3) is 0.214. The highest BCUT2D eigenvalue weighted by molar-refractivity contribution is 6.03. The van der Waals surface area contributed by atoms with Gasteiger partial charge in [0, 0.05) is 29.4 Å². The van der Waals surface area contributed by atoms with Crippen molar-refractivity contribution in [3.05, 3.63) is 84.1 Å². The SMILES string of the molecule is Cc1ccc(-c2ccc(NC(=O)N3c4nc(-c5cccc(C(F)(F)F)c5)ccc4NCC[C@H]3C)cc2)o1. The van der Waals surface area contributed by atoms with Crippen molar-refractivity contribution < 1.29 is 22.4 Å². The second kappa shape index (κ2) is 9.65. The van der Waals surface area contributed by atoms with Crippen LogP contribution in [0.5, 0.6) is 0 Å². The number of pyridine rings is 1. The average molecular weight is 507 g/mol. The minimum Gasteiger partial charge on any atom is -0.461 e. The fourth-order valence-electron chi connectivity index (χ4n) is 4.33. The van der Waals surface area contributed by atoms with E-state index in [1.165, 1.54) is 6.07 Å². The van der Waals surface area contributed by atoms with E-state index in [0.29, 0.717) is 41.4 Å². The molecule has 0 radical (unpaired) electrons. The Balaban J connectivity index is 1.44. The molecule has 0 spiro atoms. The van der Waals surface area contributed by atoms with Gasteiger partial charge in [-0.3, -0.25) is 4.90 Å². The van der Waals surface area contributed by atoms with Crippen LogP contribution in [0.1, 0.15) is 24.7 Å². The molecule has 0 saturated carbocycles. The number of hydrogen-bond acceptors (Lipinski definition) is 4. The van der Waals surface area contributed by atoms with E-state index >= 15 is 0 Å². The number of fused-ring (bicyclic) bond motifs is 1. The van der Waals surface area contributed by atoms with Gasteiger partial charge in [0.2, 0.25) is 0 Å². The summed E-state index contributed by atoms with van der Waals surface area (Å²) in [7, 11) is 0. The van der Waals surface area contributed by atoms with Gasteiger partial charge in [-0.15, -0.1) is 0 Å². The molecular weight excluding hydrogens is 481 g/mol. The Hall–Kier alpha value is -4.27. The van der Waals surface area contributed by atoms with E-state index in [1.807, 2.05) is 38.1 Å². The van der Waals surface area contributed by atoms with Gasteiger partial charge in [0.1, 0.15) is 11.5 Å². The number of urea groups is 1. The van der Waals surface area contributed by atoms with Crippen LogP contribution in [0.15, 0.2) is 77.2 Å². The van der Waals surface area contributed by atoms with Gasteiger partial charge in [0.05, 0.1) is 16.9 Å². The molecule has 1 aliphatic rings. The lowest BCUT2D eigenvalue weighted by atomic mass is 10.1. The van der Waals surface area contributed by atoms with Crippen LogP contribution in [-0.4, -0.2) is 23.6 Å². The zero-order chi connectivity index (χ0) is 26.2. The zero-order valence-electron chi connectivity index (χ0n) is 20.3. The van der Waals surface area contributed by atoms with Crippen LogP contribution >= 0.6 is 0 Å². The number of benzene rings is 2. The maximum atomic E-state index is 13.5. The quantitative estimate of drug-likeness (QED) is 0.301. The second-order valence-corrected chi connectivity index (χ2v) is 9.00. The van der Waals surface area contributed by atoms with E-state index in [2.05, 4.69) is 15.6 Å². The van der Waals surface area contributed by atoms with Crippen LogP contribution in [-0.2, 0) is 6.18 Å². The Morgan fingerprint density at radius 1 is 1.05 bits per heavy atom. The summed E-state index contributed by atoms with van der Waals surface area (Å²) in [4.78, 5) is 19.7. The molecule has 9 heteroatoms. The van der Waals surface area contributed by atoms with Gasteiger partial charge in [-0.1, -0.05) is 12.1 Å². The molecule has 1 aliphatic heterocycles. The summed E-state index contributed by atoms with van der Waals surface area (Å²) in [5.74, 6) is 1.91. The van der Waals surface area contributed by atoms with Gasteiger partial charge in [0.25, 0.3) is 0 Å². The summed E-state index contributed by atoms with van der Waals surface area (Å²) < 4.78 is 45.4. The first-order valence-corrected chi connectivity index (χ1v) is 11.9. The number of nitrogens with one attached hydrogen (secondary N) is 2. The minimum absolute atomic E-state index is 0.205. The molecule has 0 fully saturated rings. The van der Waals surface area contributed by atoms with E-state index in [9.17, 15) is 18.0 Å². The molecular formula is C28H25F3N4O2. The largest absolute Gasteiger partial charge is 0.461 e. The standard InChI is InChI=1S/C28H25F3N4O2/c1-17-14-15-32-24-12-11-23(20-4-3-5-21(16-20)28(29,30)31)34-26(24)35(17)27(36)33-22-9-7-19(8-10-22)25-13-6-18(2)37-25/h3-13,16-17,32H,14-15H2,1-2H3,(H,33,36)/t17-/m1/s1. The molecule has 2 amide bonds. The highest BCUT2D eigenvalue weighted by atomic mass is 19.4. The molecule has 4 aromatic rings. The number of furan rings is 1. The highest BCUT2D eigenvalue weighted by Gasteiger charge is 2.31. The molecule has 2 aromatic carbocycles. The van der Waals surface area contributed by atoms with Gasteiger partial charge in [-0.05, 0) is 80.9 Å². The lowest BCUT2D eigenvalue weighted by molar-refractivity contribution is -0.137. The van der Waals surface area contributed by atoms with E-state index in [4.69, 9.17) is 4.42 Å². The summed E-state index contributed by atoms with van der Waals surface area (Å²) in [6, 6.07) is 18.9. The number of aryl methyl sites for hydroxylation is 1. The molecule has 0 aliphatic carbocycles. The van der Waals surface area contributed by atoms with Gasteiger partial charge in [-0.25, -0.2) is 9.78 Å². The maximum absolute atomic E-state index is 13.5. The number of carbonyl (C=O) groups is 1. The molecule has 37 heavy (non-hydrogen) atoms. The Morgan fingerprint density at radius 2 is 1.84 bits per heavy atom. The van der Waals surface area contributed by atoms with E-state index in [-0.39, 0.29) is 12.1 Å². The van der Waals surface area contributed by atoms with Crippen molar-refractivity contribution in [3.63, 3.8) is 0 Å². The zero-order valence-corrected chi connectivity index (χ0v) is 20.3. The predicted octanol–water partition coefficient (Wildman–Crippen LogP) is 7.58. The number of halogens is 3. The monoisotopic (exact) mass is 506 g/mol. The van der Waals surface area contributed by atoms with Crippen molar-refractivity contribution >= 4 is 23.2 Å². The van der Waals surface area contributed by atoms with Crippen LogP contribution in [0, 0.1) is 6.92 Å². The van der Waals surface area contributed by atoms with Crippen molar-refractivity contribution in [2.24, 2.45) is 0 Å². The summed E-state index contributed by atoms with van der Waals surface area (Å²) in [5, 5.41) is 6.19. The molecule has 1 atom stereocenters. The van der Waals surface area contributed by atoms with Crippen molar-refractivity contribution in [1.82, 2.24) is 4.98 Å². The topological polar surface area (TPSA) is 70.4 Å². The molecule has 5 rings (SSSR count). The van der Waals surface area contributed by atoms with Gasteiger partial charge in [0.15, 0.2) is 5.82 Å². The lowest BCUT2D eigenvalue weighted by Gasteiger charge is -2.27. The molecule has 3 heterocycles. The number of anilines is 3. The Morgan fingerprint density at radius 3 is 2.54 bits per heavy atom. The smallest absolute Gasteiger partial charge is 0.416 e. The third kappa shape index (κ3) is 5.16. The number of aromatic nitrogens is 1. The Kier molecular flexibility index (Phi) is 6.37. The van der Waals surface area contributed by atoms with Crippen LogP contribution in [0.2, 0.25) is 0 Å². The molecule has 6 nitrogen and oxygen atoms in total. The molecule has 0 saturated heterocycles. The third-order valence-electron chi connectivity index (χ3n) is 6.29. The van der Waals surface area contributed by atoms with Crippen LogP contribution in [0.3, 0.4) is 0 Å². The summed E-state index contributed by atoms with van der Waals surface area (Å²) >= 11 is 0. The van der Waals surface area contributed by atoms with E-state index < -0.39 is 11.7 Å². The minimum atomic E-state index is -4.46. The number of hydrogen-bond donors (Lipinski definition) is 2. The molecule has 2 N–H and O–H groups in total. The Bertz CT molecular complexity index is 1430. The predicted molar refractivity (Wildman–Crippen MR) is 138 cm³/mol. The number of nitrogens with zero attached hydrogens (tertiary/aromatic N) is 2. The molecule has 0 unspecified atom stereocenters. The second-order valence-electron chi connectivity index (χ2n) is 9.00. The van der Waals surface area contributed by atoms with Gasteiger partial charge in [-0.2, -0.15) is 13.2 Å². The van der Waals surface area contributed by atoms with Crippen LogP contribution < -0.4 is 15.5 Å². The van der Waals surface area contributed by atoms with Crippen molar-refractivity contribution in [1.29, 1.82) is 0 Å². The van der Waals surface area contributed by atoms with Gasteiger partial charge >= 0.3 is 12.2 Å². The first kappa shape index (κ1) is 24.4. The van der Waals surface area contributed by atoms with Crippen molar-refractivity contribution in [2.45, 2.75) is 32.5 Å². The number of amides is 2. The van der Waals surface area contributed by atoms with Gasteiger partial charge < -0.3 is 15.1 Å². The van der Waals surface area contributed by atoms with Crippen molar-refractivity contribution in [2.75, 3.05) is 22.1 Å². The Labute approximate surface area is 212 Å². The number of carbonyl (C=O) groups excluding carboxylic acids is 1. The van der Waals surface area contributed by atoms with Crippen LogP contribution in [0.25, 0.3) is 22.6 Å². The summed E-state index contributed by atoms with van der Waals surface area (Å²) in [6.07, 6.45) is -3.80. The normalized spacial score (nSPS) is 15.5. The third-order valence-corrected chi connectivity index (χ3v) is 6.29. The first-order chi connectivity index (χ1) is 17.7. The lowest BCUT2D eigenvalue weighted by Crippen LogP contribution is -2.42. The fourth-order valence-corrected chi connectivity index (χ4v) is 4.33. The highest BCUT2D eigenvalue weighted by Crippen LogP contribution is 2.35. The van der Waals surface area contributed by atoms with Crippen molar-refractivity contribution in [3.8, 4) is 22.6 Å². The average Bonchev–Trinajstić information content (AvgIpc) is 3.23. The summed E-state index contributed by atoms with van der Waals surface area (Å²) in [6.45, 7) is 4.41. The molecule has 2 aromatic heterocycles. The van der Waals surface area contributed by atoms with Crippen LogP contribution in [0.4, 0.5) is 35.2 Å². The first-order valence-electron chi connectivity index (χ1n) is 11.9. The maximum Gasteiger partial charge on any atom is 0.416 e. The van der Waals surface area contributed by atoms with E-state index in [1.54, 1.807) is 35.2 Å². The number of rotatable bonds is 3.